The summed E-state index contributed by atoms with van der Waals surface area (Å²) in [5.41, 5.74) is 6.02. The molecule has 4 N–H and O–H groups in total. The highest BCUT2D eigenvalue weighted by Gasteiger charge is 2.42. The number of carbonyl (C=O) groups is 4. The second-order valence-electron chi connectivity index (χ2n) is 10.1. The summed E-state index contributed by atoms with van der Waals surface area (Å²) in [6, 6.07) is 4.60. The summed E-state index contributed by atoms with van der Waals surface area (Å²) >= 11 is 0. The van der Waals surface area contributed by atoms with Crippen LogP contribution in [0.4, 0.5) is 4.79 Å². The van der Waals surface area contributed by atoms with E-state index in [-0.39, 0.29) is 18.0 Å². The Kier molecular flexibility index (Phi) is 9.45. The summed E-state index contributed by atoms with van der Waals surface area (Å²) in [5, 5.41) is 5.40. The highest BCUT2D eigenvalue weighted by molar-refractivity contribution is 5.95. The van der Waals surface area contributed by atoms with Crippen molar-refractivity contribution in [3.63, 3.8) is 0 Å². The lowest BCUT2D eigenvalue weighted by Gasteiger charge is -2.43. The maximum atomic E-state index is 13.9. The average Bonchev–Trinajstić information content (AvgIpc) is 2.68. The van der Waals surface area contributed by atoms with Crippen LogP contribution in [0.25, 0.3) is 6.08 Å². The molecule has 2 atom stereocenters. The molecule has 0 bridgehead atoms. The average molecular weight is 487 g/mol. The van der Waals surface area contributed by atoms with Gasteiger partial charge in [-0.15, -0.1) is 0 Å². The Labute approximate surface area is 207 Å². The van der Waals surface area contributed by atoms with Crippen molar-refractivity contribution in [3.8, 4) is 0 Å². The van der Waals surface area contributed by atoms with Crippen LogP contribution in [0.15, 0.2) is 30.8 Å². The number of rotatable bonds is 10. The van der Waals surface area contributed by atoms with Crippen LogP contribution < -0.4 is 16.4 Å². The van der Waals surface area contributed by atoms with Crippen LogP contribution in [0.5, 0.6) is 0 Å². The Morgan fingerprint density at radius 3 is 2.34 bits per heavy atom. The molecular formula is C26H38N4O5. The summed E-state index contributed by atoms with van der Waals surface area (Å²) in [4.78, 5) is 53.2. The van der Waals surface area contributed by atoms with Gasteiger partial charge in [0.1, 0.15) is 17.7 Å². The van der Waals surface area contributed by atoms with Gasteiger partial charge in [0.2, 0.25) is 17.7 Å². The summed E-state index contributed by atoms with van der Waals surface area (Å²) in [6.07, 6.45) is 2.70. The van der Waals surface area contributed by atoms with Crippen LogP contribution in [-0.2, 0) is 19.1 Å². The zero-order chi connectivity index (χ0) is 26.3. The maximum absolute atomic E-state index is 13.9. The summed E-state index contributed by atoms with van der Waals surface area (Å²) in [6.45, 7) is 12.5. The molecule has 9 nitrogen and oxygen atoms in total. The number of ether oxygens (including phenoxy) is 1. The number of amides is 4. The number of benzene rings is 1. The predicted octanol–water partition coefficient (Wildman–Crippen LogP) is 3.05. The highest BCUT2D eigenvalue weighted by atomic mass is 16.6. The normalized spacial score (nSPS) is 15.4. The van der Waals surface area contributed by atoms with Gasteiger partial charge in [-0.25, -0.2) is 4.79 Å². The first kappa shape index (κ1) is 27.9. The van der Waals surface area contributed by atoms with Crippen molar-refractivity contribution < 1.29 is 23.9 Å². The van der Waals surface area contributed by atoms with Crippen molar-refractivity contribution in [2.24, 2.45) is 5.73 Å². The van der Waals surface area contributed by atoms with Crippen molar-refractivity contribution in [2.45, 2.75) is 90.1 Å². The molecule has 0 heterocycles. The monoisotopic (exact) mass is 486 g/mol. The van der Waals surface area contributed by atoms with Gasteiger partial charge >= 0.3 is 6.09 Å². The first-order valence-electron chi connectivity index (χ1n) is 11.9. The Morgan fingerprint density at radius 2 is 1.86 bits per heavy atom. The van der Waals surface area contributed by atoms with Crippen LogP contribution >= 0.6 is 0 Å². The molecule has 192 valence electrons. The number of nitrogens with two attached hydrogens (primary N) is 1. The van der Waals surface area contributed by atoms with Crippen molar-refractivity contribution in [2.75, 3.05) is 0 Å². The van der Waals surface area contributed by atoms with Crippen LogP contribution in [0.3, 0.4) is 0 Å². The fourth-order valence-electron chi connectivity index (χ4n) is 3.87. The minimum Gasteiger partial charge on any atom is -0.444 e. The standard InChI is InChI=1S/C26H38N4O5/c1-7-17-10-8-11-18(14-17)22(23(32)28-16(2)3)30(19-12-9-13-19)24(33)20(15-21(27)31)29-25(34)35-26(4,5)6/h7-8,10-11,14,16,19-20,22H,1,9,12-13,15H2,2-6H3,(H2,27,31)(H,28,32)(H,29,34). The lowest BCUT2D eigenvalue weighted by molar-refractivity contribution is -0.148. The first-order valence-corrected chi connectivity index (χ1v) is 11.9. The number of hydrogen-bond donors (Lipinski definition) is 3. The molecule has 4 amide bonds. The Balaban J connectivity index is 2.52. The van der Waals surface area contributed by atoms with Crippen LogP contribution in [0.1, 0.15) is 77.5 Å². The zero-order valence-corrected chi connectivity index (χ0v) is 21.3. The van der Waals surface area contributed by atoms with Crippen LogP contribution in [0, 0.1) is 0 Å². The third-order valence-corrected chi connectivity index (χ3v) is 5.54. The Morgan fingerprint density at radius 1 is 1.20 bits per heavy atom. The number of nitrogens with zero attached hydrogens (tertiary/aromatic N) is 1. The summed E-state index contributed by atoms with van der Waals surface area (Å²) in [5.74, 6) is -1.67. The molecule has 0 aliphatic heterocycles. The molecule has 2 unspecified atom stereocenters. The van der Waals surface area contributed by atoms with E-state index in [1.54, 1.807) is 45.0 Å². The number of alkyl carbamates (subject to hydrolysis) is 1. The van der Waals surface area contributed by atoms with E-state index >= 15 is 0 Å². The Bertz CT molecular complexity index is 949. The van der Waals surface area contributed by atoms with E-state index in [0.717, 1.165) is 12.0 Å². The van der Waals surface area contributed by atoms with Crippen molar-refractivity contribution >= 4 is 29.9 Å². The van der Waals surface area contributed by atoms with Crippen LogP contribution in [-0.4, -0.2) is 52.4 Å². The lowest BCUT2D eigenvalue weighted by Crippen LogP contribution is -2.58. The minimum atomic E-state index is -1.28. The zero-order valence-electron chi connectivity index (χ0n) is 21.3. The smallest absolute Gasteiger partial charge is 0.408 e. The van der Waals surface area contributed by atoms with Crippen molar-refractivity contribution in [3.05, 3.63) is 42.0 Å². The van der Waals surface area contributed by atoms with Gasteiger partial charge < -0.3 is 26.0 Å². The molecule has 1 fully saturated rings. The van der Waals surface area contributed by atoms with E-state index in [4.69, 9.17) is 10.5 Å². The predicted molar refractivity (Wildman–Crippen MR) is 134 cm³/mol. The first-order chi connectivity index (χ1) is 16.3. The SMILES string of the molecule is C=Cc1cccc(C(C(=O)NC(C)C)N(C(=O)C(CC(N)=O)NC(=O)OC(C)(C)C)C2CCC2)c1. The molecule has 1 aliphatic carbocycles. The van der Waals surface area contributed by atoms with E-state index < -0.39 is 42.0 Å². The Hall–Kier alpha value is -3.36. The van der Waals surface area contributed by atoms with Gasteiger partial charge in [0.25, 0.3) is 0 Å². The summed E-state index contributed by atoms with van der Waals surface area (Å²) < 4.78 is 5.29. The maximum Gasteiger partial charge on any atom is 0.408 e. The number of hydrogen-bond acceptors (Lipinski definition) is 5. The minimum absolute atomic E-state index is 0.160. The molecule has 0 spiro atoms. The number of primary amides is 1. The molecule has 1 aromatic carbocycles. The molecule has 35 heavy (non-hydrogen) atoms. The molecular weight excluding hydrogens is 448 g/mol. The topological polar surface area (TPSA) is 131 Å². The van der Waals surface area contributed by atoms with E-state index in [1.807, 2.05) is 19.9 Å². The molecule has 9 heteroatoms. The van der Waals surface area contributed by atoms with Crippen molar-refractivity contribution in [1.82, 2.24) is 15.5 Å². The molecule has 2 rings (SSSR count). The van der Waals surface area contributed by atoms with Gasteiger partial charge in [-0.2, -0.15) is 0 Å². The largest absolute Gasteiger partial charge is 0.444 e. The second-order valence-corrected chi connectivity index (χ2v) is 10.1. The third kappa shape index (κ3) is 8.12. The second kappa shape index (κ2) is 11.9. The van der Waals surface area contributed by atoms with Crippen LogP contribution in [0.2, 0.25) is 0 Å². The molecule has 1 saturated carbocycles. The van der Waals surface area contributed by atoms with E-state index in [9.17, 15) is 19.2 Å². The molecule has 0 saturated heterocycles. The molecule has 1 aliphatic rings. The third-order valence-electron chi connectivity index (χ3n) is 5.54. The van der Waals surface area contributed by atoms with E-state index in [0.29, 0.717) is 18.4 Å². The molecule has 1 aromatic rings. The van der Waals surface area contributed by atoms with E-state index in [1.165, 1.54) is 4.90 Å². The van der Waals surface area contributed by atoms with Gasteiger partial charge in [0.05, 0.1) is 6.42 Å². The fraction of sp³-hybridized carbons (Fsp3) is 0.538. The molecule has 0 aromatic heterocycles. The van der Waals surface area contributed by atoms with E-state index in [2.05, 4.69) is 17.2 Å². The van der Waals surface area contributed by atoms with Gasteiger partial charge in [-0.3, -0.25) is 14.4 Å². The van der Waals surface area contributed by atoms with Gasteiger partial charge in [0.15, 0.2) is 0 Å². The fourth-order valence-corrected chi connectivity index (χ4v) is 3.87. The van der Waals surface area contributed by atoms with Gasteiger partial charge in [-0.05, 0) is 71.1 Å². The van der Waals surface area contributed by atoms with Crippen molar-refractivity contribution in [1.29, 1.82) is 0 Å². The van der Waals surface area contributed by atoms with Gasteiger partial charge in [-0.1, -0.05) is 30.9 Å². The lowest BCUT2D eigenvalue weighted by atomic mass is 9.87. The summed E-state index contributed by atoms with van der Waals surface area (Å²) in [7, 11) is 0. The highest BCUT2D eigenvalue weighted by Crippen LogP contribution is 2.34. The number of nitrogens with one attached hydrogen (secondary N) is 2. The van der Waals surface area contributed by atoms with Gasteiger partial charge in [0, 0.05) is 12.1 Å². The quantitative estimate of drug-likeness (QED) is 0.468. The molecule has 0 radical (unpaired) electrons. The number of carbonyl (C=O) groups excluding carboxylic acids is 4.